The second-order valence-electron chi connectivity index (χ2n) is 1.50. The van der Waals surface area contributed by atoms with Crippen molar-refractivity contribution in [3.05, 3.63) is 30.3 Å². The van der Waals surface area contributed by atoms with Crippen LogP contribution in [0.1, 0.15) is 0 Å². The summed E-state index contributed by atoms with van der Waals surface area (Å²) < 4.78 is 14.6. The Morgan fingerprint density at radius 3 is 2.30 bits per heavy atom. The van der Waals surface area contributed by atoms with E-state index in [1.54, 1.807) is 12.1 Å². The molecule has 1 unspecified atom stereocenters. The van der Waals surface area contributed by atoms with Crippen LogP contribution in [-0.4, -0.2) is 0 Å². The van der Waals surface area contributed by atoms with Crippen LogP contribution in [0.25, 0.3) is 0 Å². The van der Waals surface area contributed by atoms with E-state index in [0.717, 1.165) is 0 Å². The molecule has 2 nitrogen and oxygen atoms in total. The minimum absolute atomic E-state index is 0. The molecule has 10 heavy (non-hydrogen) atoms. The van der Waals surface area contributed by atoms with Crippen molar-refractivity contribution >= 4 is 8.69 Å². The van der Waals surface area contributed by atoms with E-state index >= 15 is 0 Å². The molecule has 0 aliphatic heterocycles. The molecule has 0 heterocycles. The van der Waals surface area contributed by atoms with Crippen LogP contribution in [0, 0.1) is 0 Å². The van der Waals surface area contributed by atoms with Gasteiger partial charge in [0, 0.05) is 0 Å². The van der Waals surface area contributed by atoms with Gasteiger partial charge in [0.25, 0.3) is 0 Å². The number of benzene rings is 1. The van der Waals surface area contributed by atoms with Crippen LogP contribution in [0.5, 0.6) is 5.75 Å². The molecule has 0 saturated carbocycles. The third kappa shape index (κ3) is 2.97. The maximum Gasteiger partial charge on any atom is 2.00 e. The predicted octanol–water partition coefficient (Wildman–Crippen LogP) is 2.00. The summed E-state index contributed by atoms with van der Waals surface area (Å²) in [5.74, 6) is 0.644. The molecule has 1 radical (unpaired) electrons. The molecule has 0 amide bonds. The van der Waals surface area contributed by atoms with Crippen LogP contribution < -0.4 is 4.52 Å². The molecule has 1 aromatic rings. The maximum atomic E-state index is 9.90. The number of hydrogen-bond acceptors (Lipinski definition) is 2. The van der Waals surface area contributed by atoms with Gasteiger partial charge in [-0.3, -0.25) is 4.52 Å². The third-order valence-corrected chi connectivity index (χ3v) is 1.22. The number of rotatable bonds is 2. The van der Waals surface area contributed by atoms with Gasteiger partial charge in [0.1, 0.15) is 0 Å². The van der Waals surface area contributed by atoms with Crippen LogP contribution >= 0.6 is 8.69 Å². The van der Waals surface area contributed by atoms with Gasteiger partial charge < -0.3 is 0 Å². The smallest absolute Gasteiger partial charge is 0.256 e. The largest absolute Gasteiger partial charge is 2.00 e. The molecule has 0 N–H and O–H groups in total. The predicted molar refractivity (Wildman–Crippen MR) is 36.1 cm³/mol. The van der Waals surface area contributed by atoms with Gasteiger partial charge >= 0.3 is 25.5 Å². The van der Waals surface area contributed by atoms with Crippen LogP contribution in [0.15, 0.2) is 30.3 Å². The summed E-state index contributed by atoms with van der Waals surface area (Å²) in [5.41, 5.74) is 0. The molecule has 4 heteroatoms. The summed E-state index contributed by atoms with van der Waals surface area (Å²) in [6.07, 6.45) is 0. The van der Waals surface area contributed by atoms with Crippen LogP contribution in [0.4, 0.5) is 0 Å². The molecular formula is C6H6CoO2P+3. The molecular weight excluding hydrogens is 194 g/mol. The van der Waals surface area contributed by atoms with Gasteiger partial charge in [0.2, 0.25) is 0 Å². The molecule has 0 aliphatic rings. The van der Waals surface area contributed by atoms with Crippen molar-refractivity contribution in [1.82, 2.24) is 0 Å². The second-order valence-corrected chi connectivity index (χ2v) is 1.87. The molecule has 0 aromatic heterocycles. The molecule has 1 rings (SSSR count). The van der Waals surface area contributed by atoms with Crippen LogP contribution in [-0.2, 0) is 21.3 Å². The number of hydrogen-bond donors (Lipinski definition) is 0. The minimum atomic E-state index is -0.715. The quantitative estimate of drug-likeness (QED) is 0.682. The van der Waals surface area contributed by atoms with Crippen LogP contribution in [0.3, 0.4) is 0 Å². The van der Waals surface area contributed by atoms with Crippen molar-refractivity contribution in [1.29, 1.82) is 0 Å². The van der Waals surface area contributed by atoms with Crippen LogP contribution in [0.2, 0.25) is 0 Å². The second kappa shape index (κ2) is 5.41. The molecule has 0 bridgehead atoms. The molecule has 0 aliphatic carbocycles. The minimum Gasteiger partial charge on any atom is -0.256 e. The molecule has 0 spiro atoms. The fourth-order valence-electron chi connectivity index (χ4n) is 0.537. The van der Waals surface area contributed by atoms with Gasteiger partial charge in [0.05, 0.1) is 0 Å². The van der Waals surface area contributed by atoms with Crippen molar-refractivity contribution in [2.24, 2.45) is 0 Å². The first-order valence-electron chi connectivity index (χ1n) is 2.52. The van der Waals surface area contributed by atoms with Gasteiger partial charge in [-0.1, -0.05) is 18.2 Å². The Morgan fingerprint density at radius 2 is 1.80 bits per heavy atom. The van der Waals surface area contributed by atoms with E-state index in [2.05, 4.69) is 4.52 Å². The summed E-state index contributed by atoms with van der Waals surface area (Å²) in [6.45, 7) is 0. The molecule has 53 valence electrons. The topological polar surface area (TPSA) is 26.3 Å². The van der Waals surface area contributed by atoms with E-state index in [4.69, 9.17) is 0 Å². The van der Waals surface area contributed by atoms with E-state index in [-0.39, 0.29) is 16.8 Å². The zero-order chi connectivity index (χ0) is 6.53. The Balaban J connectivity index is 0.000000810. The zero-order valence-corrected chi connectivity index (χ0v) is 7.08. The third-order valence-electron chi connectivity index (χ3n) is 0.903. The Labute approximate surface area is 71.1 Å². The van der Waals surface area contributed by atoms with Crippen molar-refractivity contribution in [2.75, 3.05) is 0 Å². The van der Waals surface area contributed by atoms with Gasteiger partial charge in [-0.25, -0.2) is 0 Å². The van der Waals surface area contributed by atoms with Gasteiger partial charge in [0.15, 0.2) is 5.75 Å². The summed E-state index contributed by atoms with van der Waals surface area (Å²) in [4.78, 5) is 0. The summed E-state index contributed by atoms with van der Waals surface area (Å²) in [6, 6.07) is 9.04. The summed E-state index contributed by atoms with van der Waals surface area (Å²) in [5, 5.41) is 0. The summed E-state index contributed by atoms with van der Waals surface area (Å²) >= 11 is 0. The Hall–Kier alpha value is -0.374. The molecule has 0 fully saturated rings. The van der Waals surface area contributed by atoms with Crippen molar-refractivity contribution < 1.29 is 25.9 Å². The first-order valence-corrected chi connectivity index (χ1v) is 3.34. The van der Waals surface area contributed by atoms with Crippen molar-refractivity contribution in [3.8, 4) is 5.75 Å². The van der Waals surface area contributed by atoms with Gasteiger partial charge in [-0.15, -0.1) is 0 Å². The Morgan fingerprint density at radius 1 is 1.20 bits per heavy atom. The molecule has 1 aromatic carbocycles. The summed E-state index contributed by atoms with van der Waals surface area (Å²) in [7, 11) is -0.715. The fourth-order valence-corrected chi connectivity index (χ4v) is 0.769. The average Bonchev–Trinajstić information content (AvgIpc) is 1.91. The maximum absolute atomic E-state index is 9.90. The Kier molecular flexibility index (Phi) is 5.21. The molecule has 1 atom stereocenters. The first kappa shape index (κ1) is 9.63. The van der Waals surface area contributed by atoms with E-state index in [9.17, 15) is 4.57 Å². The SMILES string of the molecule is O=[PH+]Oc1ccccc1.[Co+2]. The zero-order valence-electron chi connectivity index (χ0n) is 5.04. The van der Waals surface area contributed by atoms with Gasteiger partial charge in [-0.05, 0) is 16.7 Å². The average molecular weight is 200 g/mol. The molecule has 0 saturated heterocycles. The van der Waals surface area contributed by atoms with E-state index in [0.29, 0.717) is 5.75 Å². The van der Waals surface area contributed by atoms with E-state index in [1.807, 2.05) is 18.2 Å². The van der Waals surface area contributed by atoms with Gasteiger partial charge in [-0.2, -0.15) is 0 Å². The Bertz CT molecular complexity index is 190. The van der Waals surface area contributed by atoms with E-state index in [1.165, 1.54) is 0 Å². The normalized spacial score (nSPS) is 8.40. The van der Waals surface area contributed by atoms with Crippen molar-refractivity contribution in [3.63, 3.8) is 0 Å². The monoisotopic (exact) mass is 200 g/mol. The van der Waals surface area contributed by atoms with Crippen molar-refractivity contribution in [2.45, 2.75) is 0 Å². The van der Waals surface area contributed by atoms with E-state index < -0.39 is 8.69 Å². The number of para-hydroxylation sites is 1. The fraction of sp³-hybridized carbons (Fsp3) is 0. The standard InChI is InChI=1S/C6H6O2P.Co/c7-9-8-6-4-2-1-3-5-6;/h1-5,9H;/q+1;+2. The first-order chi connectivity index (χ1) is 4.43.